The Morgan fingerprint density at radius 2 is 2.38 bits per heavy atom. The number of aliphatic hydroxyl groups is 2. The summed E-state index contributed by atoms with van der Waals surface area (Å²) in [6.45, 7) is 1.65. The second kappa shape index (κ2) is 4.58. The van der Waals surface area contributed by atoms with Crippen LogP contribution in [0.15, 0.2) is 0 Å². The van der Waals surface area contributed by atoms with E-state index in [-0.39, 0.29) is 18.5 Å². The van der Waals surface area contributed by atoms with Crippen molar-refractivity contribution in [1.29, 1.82) is 0 Å². The van der Waals surface area contributed by atoms with Crippen LogP contribution < -0.4 is 0 Å². The summed E-state index contributed by atoms with van der Waals surface area (Å²) in [6, 6.07) is 0. The topological polar surface area (TPSA) is 66.8 Å². The Morgan fingerprint density at radius 1 is 1.69 bits per heavy atom. The zero-order valence-electron chi connectivity index (χ0n) is 7.77. The first-order valence-corrected chi connectivity index (χ1v) is 4.68. The van der Waals surface area contributed by atoms with Gasteiger partial charge in [0.1, 0.15) is 12.2 Å². The van der Waals surface area contributed by atoms with Crippen LogP contribution in [0.25, 0.3) is 0 Å². The van der Waals surface area contributed by atoms with Gasteiger partial charge in [0.2, 0.25) is 0 Å². The van der Waals surface area contributed by atoms with Gasteiger partial charge < -0.3 is 14.9 Å². The summed E-state index contributed by atoms with van der Waals surface area (Å²) < 4.78 is 4.93. The van der Waals surface area contributed by atoms with Crippen LogP contribution >= 0.6 is 0 Å². The molecule has 0 spiro atoms. The van der Waals surface area contributed by atoms with Crippen molar-refractivity contribution in [3.05, 3.63) is 0 Å². The first-order valence-electron chi connectivity index (χ1n) is 4.68. The number of carbonyl (C=O) groups is 1. The van der Waals surface area contributed by atoms with Crippen molar-refractivity contribution in [3.8, 4) is 0 Å². The van der Waals surface area contributed by atoms with Gasteiger partial charge >= 0.3 is 5.97 Å². The third-order valence-electron chi connectivity index (χ3n) is 2.37. The highest BCUT2D eigenvalue weighted by Gasteiger charge is 2.37. The van der Waals surface area contributed by atoms with E-state index in [1.54, 1.807) is 0 Å². The average Bonchev–Trinajstić information content (AvgIpc) is 2.47. The number of ether oxygens (including phenoxy) is 1. The SMILES string of the molecule is CCC[C@@H]1C[C@@H]([C@H](O)CO)OC1=O. The van der Waals surface area contributed by atoms with Crippen molar-refractivity contribution in [3.63, 3.8) is 0 Å². The van der Waals surface area contributed by atoms with Crippen molar-refractivity contribution in [1.82, 2.24) is 0 Å². The zero-order valence-corrected chi connectivity index (χ0v) is 7.77. The van der Waals surface area contributed by atoms with E-state index in [2.05, 4.69) is 0 Å². The third-order valence-corrected chi connectivity index (χ3v) is 2.37. The van der Waals surface area contributed by atoms with Crippen molar-refractivity contribution >= 4 is 5.97 Å². The van der Waals surface area contributed by atoms with Crippen molar-refractivity contribution in [2.75, 3.05) is 6.61 Å². The van der Waals surface area contributed by atoms with Gasteiger partial charge in [-0.3, -0.25) is 4.79 Å². The molecule has 4 nitrogen and oxygen atoms in total. The molecule has 2 N–H and O–H groups in total. The Hall–Kier alpha value is -0.610. The van der Waals surface area contributed by atoms with Gasteiger partial charge in [-0.05, 0) is 6.42 Å². The minimum Gasteiger partial charge on any atom is -0.459 e. The summed E-state index contributed by atoms with van der Waals surface area (Å²) >= 11 is 0. The third kappa shape index (κ3) is 2.42. The molecule has 1 aliphatic rings. The first-order chi connectivity index (χ1) is 6.19. The number of carbonyl (C=O) groups excluding carboxylic acids is 1. The van der Waals surface area contributed by atoms with Gasteiger partial charge in [-0.15, -0.1) is 0 Å². The number of esters is 1. The fraction of sp³-hybridized carbons (Fsp3) is 0.889. The quantitative estimate of drug-likeness (QED) is 0.613. The Bertz CT molecular complexity index is 180. The standard InChI is InChI=1S/C9H16O4/c1-2-3-6-4-8(7(11)5-10)13-9(6)12/h6-8,10-11H,2-5H2,1H3/t6-,7-,8+/m1/s1. The van der Waals surface area contributed by atoms with Crippen molar-refractivity contribution in [2.45, 2.75) is 38.4 Å². The Kier molecular flexibility index (Phi) is 3.69. The number of rotatable bonds is 4. The predicted octanol–water partition coefficient (Wildman–Crippen LogP) is 0.0714. The summed E-state index contributed by atoms with van der Waals surface area (Å²) in [5.74, 6) is -0.324. The first kappa shape index (κ1) is 10.5. The molecule has 1 saturated heterocycles. The number of hydrogen-bond donors (Lipinski definition) is 2. The lowest BCUT2D eigenvalue weighted by Crippen LogP contribution is -2.28. The molecule has 13 heavy (non-hydrogen) atoms. The number of aliphatic hydroxyl groups excluding tert-OH is 2. The fourth-order valence-corrected chi connectivity index (χ4v) is 1.61. The van der Waals surface area contributed by atoms with Crippen LogP contribution in [0.3, 0.4) is 0 Å². The molecule has 0 saturated carbocycles. The molecule has 0 bridgehead atoms. The van der Waals surface area contributed by atoms with Crippen LogP contribution in [0.4, 0.5) is 0 Å². The molecule has 1 heterocycles. The highest BCUT2D eigenvalue weighted by molar-refractivity contribution is 5.74. The molecule has 0 unspecified atom stereocenters. The maximum absolute atomic E-state index is 11.2. The van der Waals surface area contributed by atoms with E-state index in [1.165, 1.54) is 0 Å². The van der Waals surface area contributed by atoms with Crippen LogP contribution in [-0.2, 0) is 9.53 Å². The smallest absolute Gasteiger partial charge is 0.309 e. The van der Waals surface area contributed by atoms with Crippen LogP contribution in [0.5, 0.6) is 0 Å². The summed E-state index contributed by atoms with van der Waals surface area (Å²) in [7, 11) is 0. The van der Waals surface area contributed by atoms with Gasteiger partial charge in [0.15, 0.2) is 0 Å². The van der Waals surface area contributed by atoms with Crippen LogP contribution in [-0.4, -0.2) is 35.0 Å². The minimum absolute atomic E-state index is 0.0869. The van der Waals surface area contributed by atoms with Gasteiger partial charge in [0.05, 0.1) is 12.5 Å². The molecule has 0 radical (unpaired) electrons. The van der Waals surface area contributed by atoms with Gasteiger partial charge in [-0.2, -0.15) is 0 Å². The van der Waals surface area contributed by atoms with Crippen molar-refractivity contribution < 1.29 is 19.7 Å². The largest absolute Gasteiger partial charge is 0.459 e. The monoisotopic (exact) mass is 188 g/mol. The molecule has 76 valence electrons. The minimum atomic E-state index is -0.925. The molecule has 0 aromatic heterocycles. The van der Waals surface area contributed by atoms with Gasteiger partial charge in [0, 0.05) is 6.42 Å². The lowest BCUT2D eigenvalue weighted by Gasteiger charge is -2.13. The zero-order chi connectivity index (χ0) is 9.84. The van der Waals surface area contributed by atoms with E-state index < -0.39 is 12.2 Å². The molecule has 1 fully saturated rings. The maximum Gasteiger partial charge on any atom is 0.309 e. The summed E-state index contributed by atoms with van der Waals surface area (Å²) in [6.07, 6.45) is 0.837. The highest BCUT2D eigenvalue weighted by atomic mass is 16.6. The maximum atomic E-state index is 11.2. The normalized spacial score (nSPS) is 30.2. The van der Waals surface area contributed by atoms with Crippen molar-refractivity contribution in [2.24, 2.45) is 5.92 Å². The second-order valence-electron chi connectivity index (χ2n) is 3.45. The molecular weight excluding hydrogens is 172 g/mol. The molecule has 0 aliphatic carbocycles. The molecular formula is C9H16O4. The molecule has 0 aromatic rings. The second-order valence-corrected chi connectivity index (χ2v) is 3.45. The molecule has 0 aromatic carbocycles. The van der Waals surface area contributed by atoms with E-state index in [0.29, 0.717) is 6.42 Å². The Balaban J connectivity index is 2.44. The van der Waals surface area contributed by atoms with Gasteiger partial charge in [-0.1, -0.05) is 13.3 Å². The number of hydrogen-bond acceptors (Lipinski definition) is 4. The summed E-state index contributed by atoms with van der Waals surface area (Å²) in [4.78, 5) is 11.2. The summed E-state index contributed by atoms with van der Waals surface area (Å²) in [5, 5.41) is 17.9. The Morgan fingerprint density at radius 3 is 2.92 bits per heavy atom. The van der Waals surface area contributed by atoms with Crippen LogP contribution in [0.2, 0.25) is 0 Å². The molecule has 1 rings (SSSR count). The van der Waals surface area contributed by atoms with Gasteiger partial charge in [0.25, 0.3) is 0 Å². The molecule has 1 aliphatic heterocycles. The molecule has 4 heteroatoms. The van der Waals surface area contributed by atoms with E-state index in [9.17, 15) is 9.90 Å². The van der Waals surface area contributed by atoms with E-state index in [4.69, 9.17) is 9.84 Å². The highest BCUT2D eigenvalue weighted by Crippen LogP contribution is 2.26. The predicted molar refractivity (Wildman–Crippen MR) is 46.0 cm³/mol. The van der Waals surface area contributed by atoms with Crippen LogP contribution in [0, 0.1) is 5.92 Å². The van der Waals surface area contributed by atoms with Crippen LogP contribution in [0.1, 0.15) is 26.2 Å². The Labute approximate surface area is 77.5 Å². The molecule has 3 atom stereocenters. The van der Waals surface area contributed by atoms with E-state index in [0.717, 1.165) is 12.8 Å². The summed E-state index contributed by atoms with van der Waals surface area (Å²) in [5.41, 5.74) is 0. The number of cyclic esters (lactones) is 1. The van der Waals surface area contributed by atoms with E-state index in [1.807, 2.05) is 6.92 Å². The average molecular weight is 188 g/mol. The lowest BCUT2D eigenvalue weighted by molar-refractivity contribution is -0.148. The molecule has 0 amide bonds. The fourth-order valence-electron chi connectivity index (χ4n) is 1.61. The lowest BCUT2D eigenvalue weighted by atomic mass is 9.98. The van der Waals surface area contributed by atoms with Gasteiger partial charge in [-0.25, -0.2) is 0 Å². The van der Waals surface area contributed by atoms with E-state index >= 15 is 0 Å².